The first-order valence-corrected chi connectivity index (χ1v) is 9.77. The zero-order valence-electron chi connectivity index (χ0n) is 17.1. The normalized spacial score (nSPS) is 16.6. The molecule has 0 bridgehead atoms. The Labute approximate surface area is 174 Å². The van der Waals surface area contributed by atoms with Crippen LogP contribution >= 0.6 is 0 Å². The minimum absolute atomic E-state index is 0.00658. The van der Waals surface area contributed by atoms with Gasteiger partial charge in [-0.25, -0.2) is 0 Å². The van der Waals surface area contributed by atoms with E-state index < -0.39 is 5.97 Å². The molecule has 2 aromatic rings. The number of aliphatic carboxylic acids is 1. The standard InChI is InChI=1S/C21H25N5O4/c1-13-8-16(30-2)10-18(27)20(13)17-9-14(11-22)21(25-24-17)23-15-4-3-6-26(12-15)7-5-19(28)29/h8-10,15,27H,3-7,12H2,1-2H3,(H,23,25)(H,28,29)/t15-/m1/s1. The summed E-state index contributed by atoms with van der Waals surface area (Å²) in [6.07, 6.45) is 1.94. The molecule has 0 unspecified atom stereocenters. The minimum Gasteiger partial charge on any atom is -0.507 e. The lowest BCUT2D eigenvalue weighted by Gasteiger charge is -2.33. The molecule has 1 aliphatic rings. The Hall–Kier alpha value is -3.38. The first-order valence-electron chi connectivity index (χ1n) is 9.77. The van der Waals surface area contributed by atoms with Crippen LogP contribution in [0.15, 0.2) is 18.2 Å². The third kappa shape index (κ3) is 4.96. The van der Waals surface area contributed by atoms with Gasteiger partial charge in [-0.2, -0.15) is 5.26 Å². The van der Waals surface area contributed by atoms with Gasteiger partial charge in [0.2, 0.25) is 0 Å². The van der Waals surface area contributed by atoms with Gasteiger partial charge in [-0.1, -0.05) is 0 Å². The molecule has 1 atom stereocenters. The van der Waals surface area contributed by atoms with E-state index in [-0.39, 0.29) is 18.2 Å². The number of rotatable bonds is 7. The molecule has 1 fully saturated rings. The smallest absolute Gasteiger partial charge is 0.304 e. The Morgan fingerprint density at radius 2 is 2.20 bits per heavy atom. The number of carboxylic acids is 1. The fraction of sp³-hybridized carbons (Fsp3) is 0.429. The van der Waals surface area contributed by atoms with Crippen molar-refractivity contribution >= 4 is 11.8 Å². The molecule has 0 amide bonds. The number of nitriles is 1. The Kier molecular flexibility index (Phi) is 6.69. The average molecular weight is 411 g/mol. The zero-order chi connectivity index (χ0) is 21.7. The highest BCUT2D eigenvalue weighted by Crippen LogP contribution is 2.35. The van der Waals surface area contributed by atoms with Crippen LogP contribution in [0, 0.1) is 18.3 Å². The summed E-state index contributed by atoms with van der Waals surface area (Å²) < 4.78 is 5.16. The highest BCUT2D eigenvalue weighted by molar-refractivity contribution is 5.74. The molecular weight excluding hydrogens is 386 g/mol. The second-order valence-corrected chi connectivity index (χ2v) is 7.37. The van der Waals surface area contributed by atoms with E-state index in [1.807, 2.05) is 6.92 Å². The zero-order valence-corrected chi connectivity index (χ0v) is 17.1. The maximum Gasteiger partial charge on any atom is 0.304 e. The van der Waals surface area contributed by atoms with Gasteiger partial charge >= 0.3 is 5.97 Å². The molecule has 3 N–H and O–H groups in total. The predicted octanol–water partition coefficient (Wildman–Crippen LogP) is 2.39. The van der Waals surface area contributed by atoms with Crippen molar-refractivity contribution in [2.45, 2.75) is 32.2 Å². The van der Waals surface area contributed by atoms with Crippen molar-refractivity contribution in [1.29, 1.82) is 5.26 Å². The highest BCUT2D eigenvalue weighted by Gasteiger charge is 2.22. The highest BCUT2D eigenvalue weighted by atomic mass is 16.5. The lowest BCUT2D eigenvalue weighted by Crippen LogP contribution is -2.43. The van der Waals surface area contributed by atoms with Crippen LogP contribution in [0.2, 0.25) is 0 Å². The van der Waals surface area contributed by atoms with Crippen LogP contribution in [0.3, 0.4) is 0 Å². The molecule has 0 spiro atoms. The van der Waals surface area contributed by atoms with E-state index >= 15 is 0 Å². The van der Waals surface area contributed by atoms with Crippen molar-refractivity contribution in [3.63, 3.8) is 0 Å². The van der Waals surface area contributed by atoms with Crippen LogP contribution in [0.1, 0.15) is 30.4 Å². The summed E-state index contributed by atoms with van der Waals surface area (Å²) in [5, 5.41) is 40.6. The number of carboxylic acid groups (broad SMARTS) is 1. The average Bonchev–Trinajstić information content (AvgIpc) is 2.72. The van der Waals surface area contributed by atoms with E-state index in [9.17, 15) is 15.2 Å². The van der Waals surface area contributed by atoms with Crippen molar-refractivity contribution in [3.8, 4) is 28.8 Å². The van der Waals surface area contributed by atoms with E-state index in [1.54, 1.807) is 12.1 Å². The number of hydrogen-bond donors (Lipinski definition) is 3. The molecule has 1 aromatic carbocycles. The monoisotopic (exact) mass is 411 g/mol. The second kappa shape index (κ2) is 9.41. The van der Waals surface area contributed by atoms with Gasteiger partial charge in [0.1, 0.15) is 17.6 Å². The molecule has 1 aromatic heterocycles. The van der Waals surface area contributed by atoms with Gasteiger partial charge < -0.3 is 25.2 Å². The Balaban J connectivity index is 1.79. The number of aromatic nitrogens is 2. The van der Waals surface area contributed by atoms with Crippen molar-refractivity contribution in [3.05, 3.63) is 29.3 Å². The van der Waals surface area contributed by atoms with Crippen molar-refractivity contribution in [2.24, 2.45) is 0 Å². The summed E-state index contributed by atoms with van der Waals surface area (Å²) >= 11 is 0. The molecule has 30 heavy (non-hydrogen) atoms. The number of carbonyl (C=O) groups is 1. The van der Waals surface area contributed by atoms with E-state index in [0.717, 1.165) is 24.9 Å². The predicted molar refractivity (Wildman–Crippen MR) is 110 cm³/mol. The first kappa shape index (κ1) is 21.3. The third-order valence-electron chi connectivity index (χ3n) is 5.18. The molecule has 1 saturated heterocycles. The number of likely N-dealkylation sites (tertiary alicyclic amines) is 1. The van der Waals surface area contributed by atoms with Crippen LogP contribution in [0.25, 0.3) is 11.3 Å². The summed E-state index contributed by atoms with van der Waals surface area (Å²) in [7, 11) is 1.52. The van der Waals surface area contributed by atoms with Gasteiger partial charge in [-0.3, -0.25) is 4.79 Å². The summed E-state index contributed by atoms with van der Waals surface area (Å²) in [4.78, 5) is 12.9. The topological polar surface area (TPSA) is 132 Å². The van der Waals surface area contributed by atoms with E-state index in [1.165, 1.54) is 13.2 Å². The number of methoxy groups -OCH3 is 1. The quantitative estimate of drug-likeness (QED) is 0.628. The lowest BCUT2D eigenvalue weighted by molar-refractivity contribution is -0.137. The van der Waals surface area contributed by atoms with E-state index in [2.05, 4.69) is 26.5 Å². The lowest BCUT2D eigenvalue weighted by atomic mass is 10.0. The SMILES string of the molecule is COc1cc(C)c(-c2cc(C#N)c(N[C@@H]3CCCN(CCC(=O)O)C3)nn2)c(O)c1. The second-order valence-electron chi connectivity index (χ2n) is 7.37. The number of nitrogens with zero attached hydrogens (tertiary/aromatic N) is 4. The number of ether oxygens (including phenoxy) is 1. The van der Waals surface area contributed by atoms with Crippen molar-refractivity contribution in [1.82, 2.24) is 15.1 Å². The molecule has 0 radical (unpaired) electrons. The summed E-state index contributed by atoms with van der Waals surface area (Å²) in [6.45, 7) is 3.86. The summed E-state index contributed by atoms with van der Waals surface area (Å²) in [6, 6.07) is 7.08. The summed E-state index contributed by atoms with van der Waals surface area (Å²) in [5.74, 6) is 0.115. The van der Waals surface area contributed by atoms with E-state index in [4.69, 9.17) is 9.84 Å². The number of hydrogen-bond acceptors (Lipinski definition) is 8. The van der Waals surface area contributed by atoms with Crippen LogP contribution in [0.5, 0.6) is 11.5 Å². The van der Waals surface area contributed by atoms with Crippen LogP contribution < -0.4 is 10.1 Å². The number of anilines is 1. The number of phenols is 1. The molecule has 0 saturated carbocycles. The number of aryl methyl sites for hydroxylation is 1. The largest absolute Gasteiger partial charge is 0.507 e. The molecule has 9 nitrogen and oxygen atoms in total. The van der Waals surface area contributed by atoms with Gasteiger partial charge in [0.05, 0.1) is 24.8 Å². The third-order valence-corrected chi connectivity index (χ3v) is 5.18. The molecular formula is C21H25N5O4. The van der Waals surface area contributed by atoms with Crippen LogP contribution in [-0.4, -0.2) is 64.1 Å². The van der Waals surface area contributed by atoms with Crippen LogP contribution in [-0.2, 0) is 4.79 Å². The van der Waals surface area contributed by atoms with Gasteiger partial charge in [-0.05, 0) is 44.0 Å². The molecule has 3 rings (SSSR count). The van der Waals surface area contributed by atoms with Gasteiger partial charge in [0, 0.05) is 30.8 Å². The molecule has 9 heteroatoms. The number of aromatic hydroxyl groups is 1. The molecule has 0 aliphatic carbocycles. The first-order chi connectivity index (χ1) is 14.4. The summed E-state index contributed by atoms with van der Waals surface area (Å²) in [5.41, 5.74) is 2.00. The van der Waals surface area contributed by atoms with Crippen LogP contribution in [0.4, 0.5) is 5.82 Å². The van der Waals surface area contributed by atoms with Crippen molar-refractivity contribution < 1.29 is 19.7 Å². The fourth-order valence-corrected chi connectivity index (χ4v) is 3.72. The Morgan fingerprint density at radius 3 is 2.87 bits per heavy atom. The number of nitrogens with one attached hydrogen (secondary N) is 1. The van der Waals surface area contributed by atoms with Gasteiger partial charge in [0.25, 0.3) is 0 Å². The maximum absolute atomic E-state index is 10.8. The number of benzene rings is 1. The fourth-order valence-electron chi connectivity index (χ4n) is 3.72. The minimum atomic E-state index is -0.810. The molecule has 2 heterocycles. The maximum atomic E-state index is 10.8. The van der Waals surface area contributed by atoms with Gasteiger partial charge in [-0.15, -0.1) is 10.2 Å². The molecule has 1 aliphatic heterocycles. The Morgan fingerprint density at radius 1 is 1.40 bits per heavy atom. The number of piperidine rings is 1. The van der Waals surface area contributed by atoms with Gasteiger partial charge in [0.15, 0.2) is 5.82 Å². The Bertz CT molecular complexity index is 949. The molecule has 158 valence electrons. The van der Waals surface area contributed by atoms with Crippen molar-refractivity contribution in [2.75, 3.05) is 32.1 Å². The van der Waals surface area contributed by atoms with E-state index in [0.29, 0.717) is 41.5 Å². The number of phenolic OH excluding ortho intramolecular Hbond substituents is 1.